The van der Waals surface area contributed by atoms with E-state index >= 15 is 0 Å². The molecule has 0 fully saturated rings. The lowest BCUT2D eigenvalue weighted by molar-refractivity contribution is 0.0762. The third-order valence-corrected chi connectivity index (χ3v) is 3.85. The minimum Gasteiger partial charge on any atom is -0.507 e. The number of primary amides is 1. The molecule has 2 aromatic rings. The molecular formula is C14H16N2O3S. The molecule has 0 saturated carbocycles. The van der Waals surface area contributed by atoms with Crippen LogP contribution in [0.1, 0.15) is 35.3 Å². The van der Waals surface area contributed by atoms with Gasteiger partial charge in [-0.15, -0.1) is 11.3 Å². The normalized spacial score (nSPS) is 12.3. The summed E-state index contributed by atoms with van der Waals surface area (Å²) in [4.78, 5) is 15.7. The minimum absolute atomic E-state index is 0.0634. The summed E-state index contributed by atoms with van der Waals surface area (Å²) in [6, 6.07) is 4.69. The molecule has 0 aliphatic heterocycles. The Hall–Kier alpha value is -1.92. The number of thiazole rings is 1. The van der Waals surface area contributed by atoms with Crippen LogP contribution in [0.15, 0.2) is 23.6 Å². The number of rotatable bonds is 5. The molecule has 6 heteroatoms. The van der Waals surface area contributed by atoms with Crippen molar-refractivity contribution in [3.8, 4) is 17.0 Å². The van der Waals surface area contributed by atoms with Crippen LogP contribution in [0.2, 0.25) is 0 Å². The lowest BCUT2D eigenvalue weighted by atomic mass is 10.1. The standard InChI is InChI=1S/C14H16N2O3S/c1-3-19-8(2)14-16-11(7-20-14)9-4-5-12(17)10(6-9)13(15)18/h4-8,17H,3H2,1-2H3,(H2,15,18)/t8-/m1/s1. The first kappa shape index (κ1) is 14.5. The number of aromatic nitrogens is 1. The Kier molecular flexibility index (Phi) is 4.36. The lowest BCUT2D eigenvalue weighted by Gasteiger charge is -2.07. The fourth-order valence-corrected chi connectivity index (χ4v) is 2.65. The molecule has 3 N–H and O–H groups in total. The Labute approximate surface area is 121 Å². The van der Waals surface area contributed by atoms with E-state index in [-0.39, 0.29) is 17.4 Å². The first-order chi connectivity index (χ1) is 9.52. The van der Waals surface area contributed by atoms with E-state index in [1.807, 2.05) is 19.2 Å². The molecule has 2 rings (SSSR count). The van der Waals surface area contributed by atoms with Crippen LogP contribution in [0.5, 0.6) is 5.75 Å². The zero-order valence-corrected chi connectivity index (χ0v) is 12.1. The van der Waals surface area contributed by atoms with E-state index in [1.165, 1.54) is 17.4 Å². The van der Waals surface area contributed by atoms with E-state index in [2.05, 4.69) is 4.98 Å². The molecule has 20 heavy (non-hydrogen) atoms. The summed E-state index contributed by atoms with van der Waals surface area (Å²) in [5, 5.41) is 12.3. The van der Waals surface area contributed by atoms with Crippen LogP contribution >= 0.6 is 11.3 Å². The van der Waals surface area contributed by atoms with Crippen LogP contribution in [0.25, 0.3) is 11.3 Å². The summed E-state index contributed by atoms with van der Waals surface area (Å²) in [6.07, 6.45) is -0.0634. The summed E-state index contributed by atoms with van der Waals surface area (Å²) in [7, 11) is 0. The van der Waals surface area contributed by atoms with Gasteiger partial charge in [0.15, 0.2) is 0 Å². The Balaban J connectivity index is 2.33. The van der Waals surface area contributed by atoms with Crippen molar-refractivity contribution < 1.29 is 14.6 Å². The number of carbonyl (C=O) groups is 1. The number of nitrogens with zero attached hydrogens (tertiary/aromatic N) is 1. The molecule has 0 aliphatic rings. The highest BCUT2D eigenvalue weighted by molar-refractivity contribution is 7.10. The number of phenols is 1. The second kappa shape index (κ2) is 6.02. The number of amides is 1. The number of hydrogen-bond acceptors (Lipinski definition) is 5. The van der Waals surface area contributed by atoms with Gasteiger partial charge in [-0.3, -0.25) is 4.79 Å². The highest BCUT2D eigenvalue weighted by atomic mass is 32.1. The molecule has 5 nitrogen and oxygen atoms in total. The first-order valence-corrected chi connectivity index (χ1v) is 7.11. The summed E-state index contributed by atoms with van der Waals surface area (Å²) < 4.78 is 5.49. The number of ether oxygens (including phenoxy) is 1. The molecule has 1 heterocycles. The van der Waals surface area contributed by atoms with Crippen LogP contribution in [-0.4, -0.2) is 22.6 Å². The predicted molar refractivity (Wildman–Crippen MR) is 77.8 cm³/mol. The van der Waals surface area contributed by atoms with Gasteiger partial charge in [-0.2, -0.15) is 0 Å². The predicted octanol–water partition coefficient (Wildman–Crippen LogP) is 2.71. The van der Waals surface area contributed by atoms with Gasteiger partial charge in [0, 0.05) is 17.6 Å². The summed E-state index contributed by atoms with van der Waals surface area (Å²) in [5.41, 5.74) is 6.78. The summed E-state index contributed by atoms with van der Waals surface area (Å²) >= 11 is 1.50. The van der Waals surface area contributed by atoms with E-state index in [9.17, 15) is 9.90 Å². The van der Waals surface area contributed by atoms with Crippen molar-refractivity contribution in [2.45, 2.75) is 20.0 Å². The Morgan fingerprint density at radius 3 is 2.95 bits per heavy atom. The molecule has 1 amide bonds. The molecule has 0 bridgehead atoms. The van der Waals surface area contributed by atoms with Gasteiger partial charge in [-0.05, 0) is 32.0 Å². The fourth-order valence-electron chi connectivity index (χ4n) is 1.82. The van der Waals surface area contributed by atoms with E-state index in [1.54, 1.807) is 12.1 Å². The van der Waals surface area contributed by atoms with Crippen molar-refractivity contribution in [3.05, 3.63) is 34.2 Å². The highest BCUT2D eigenvalue weighted by Crippen LogP contribution is 2.29. The van der Waals surface area contributed by atoms with Crippen molar-refractivity contribution in [1.29, 1.82) is 0 Å². The second-order valence-corrected chi connectivity index (χ2v) is 5.15. The molecule has 106 valence electrons. The molecular weight excluding hydrogens is 276 g/mol. The Morgan fingerprint density at radius 1 is 1.55 bits per heavy atom. The van der Waals surface area contributed by atoms with Gasteiger partial charge >= 0.3 is 0 Å². The highest BCUT2D eigenvalue weighted by Gasteiger charge is 2.14. The lowest BCUT2D eigenvalue weighted by Crippen LogP contribution is -2.11. The van der Waals surface area contributed by atoms with E-state index in [0.29, 0.717) is 6.61 Å². The average molecular weight is 292 g/mol. The number of carbonyl (C=O) groups excluding carboxylic acids is 1. The molecule has 1 atom stereocenters. The van der Waals surface area contributed by atoms with Crippen LogP contribution in [0, 0.1) is 0 Å². The third kappa shape index (κ3) is 2.97. The second-order valence-electron chi connectivity index (χ2n) is 4.26. The van der Waals surface area contributed by atoms with Crippen LogP contribution < -0.4 is 5.73 Å². The third-order valence-electron chi connectivity index (χ3n) is 2.84. The SMILES string of the molecule is CCO[C@H](C)c1nc(-c2ccc(O)c(C(N)=O)c2)cs1. The quantitative estimate of drug-likeness (QED) is 0.887. The Morgan fingerprint density at radius 2 is 2.30 bits per heavy atom. The number of aromatic hydroxyl groups is 1. The number of hydrogen-bond donors (Lipinski definition) is 2. The molecule has 0 aliphatic carbocycles. The van der Waals surface area contributed by atoms with Gasteiger partial charge in [0.25, 0.3) is 5.91 Å². The van der Waals surface area contributed by atoms with Crippen LogP contribution in [-0.2, 0) is 4.74 Å². The van der Waals surface area contributed by atoms with Crippen LogP contribution in [0.4, 0.5) is 0 Å². The fraction of sp³-hybridized carbons (Fsp3) is 0.286. The number of benzene rings is 1. The van der Waals surface area contributed by atoms with Gasteiger partial charge in [-0.1, -0.05) is 0 Å². The largest absolute Gasteiger partial charge is 0.507 e. The smallest absolute Gasteiger partial charge is 0.252 e. The molecule has 1 aromatic heterocycles. The van der Waals surface area contributed by atoms with Crippen LogP contribution in [0.3, 0.4) is 0 Å². The monoisotopic (exact) mass is 292 g/mol. The number of nitrogens with two attached hydrogens (primary N) is 1. The van der Waals surface area contributed by atoms with Crippen molar-refractivity contribution in [2.75, 3.05) is 6.61 Å². The molecule has 0 saturated heterocycles. The zero-order valence-electron chi connectivity index (χ0n) is 11.3. The minimum atomic E-state index is -0.664. The molecule has 0 radical (unpaired) electrons. The first-order valence-electron chi connectivity index (χ1n) is 6.23. The maximum atomic E-state index is 11.2. The molecule has 1 aromatic carbocycles. The van der Waals surface area contributed by atoms with E-state index in [0.717, 1.165) is 16.3 Å². The summed E-state index contributed by atoms with van der Waals surface area (Å²) in [5.74, 6) is -0.790. The van der Waals surface area contributed by atoms with Crippen molar-refractivity contribution >= 4 is 17.2 Å². The summed E-state index contributed by atoms with van der Waals surface area (Å²) in [6.45, 7) is 4.50. The maximum absolute atomic E-state index is 11.2. The maximum Gasteiger partial charge on any atom is 0.252 e. The average Bonchev–Trinajstić information content (AvgIpc) is 2.89. The molecule has 0 unspecified atom stereocenters. The zero-order chi connectivity index (χ0) is 14.7. The molecule has 0 spiro atoms. The van der Waals surface area contributed by atoms with Gasteiger partial charge < -0.3 is 15.6 Å². The van der Waals surface area contributed by atoms with Gasteiger partial charge in [0.1, 0.15) is 16.9 Å². The van der Waals surface area contributed by atoms with Crippen molar-refractivity contribution in [2.24, 2.45) is 5.73 Å². The van der Waals surface area contributed by atoms with E-state index < -0.39 is 5.91 Å². The van der Waals surface area contributed by atoms with Gasteiger partial charge in [-0.25, -0.2) is 4.98 Å². The van der Waals surface area contributed by atoms with Crippen molar-refractivity contribution in [3.63, 3.8) is 0 Å². The van der Waals surface area contributed by atoms with E-state index in [4.69, 9.17) is 10.5 Å². The van der Waals surface area contributed by atoms with Crippen molar-refractivity contribution in [1.82, 2.24) is 4.98 Å². The van der Waals surface area contributed by atoms with Gasteiger partial charge in [0.2, 0.25) is 0 Å². The van der Waals surface area contributed by atoms with Gasteiger partial charge in [0.05, 0.1) is 11.3 Å². The Bertz CT molecular complexity index is 625. The topological polar surface area (TPSA) is 85.4 Å².